The number of hydrogen-bond donors (Lipinski definition) is 1. The normalized spacial score (nSPS) is 11.4. The first-order chi connectivity index (χ1) is 5.95. The van der Waals surface area contributed by atoms with E-state index in [-0.39, 0.29) is 12.5 Å². The fourth-order valence-corrected chi connectivity index (χ4v) is 0.742. The highest BCUT2D eigenvalue weighted by molar-refractivity contribution is 5.72. The van der Waals surface area contributed by atoms with Crippen LogP contribution in [-0.4, -0.2) is 38.4 Å². The molecule has 0 fully saturated rings. The Bertz CT molecular complexity index is 151. The van der Waals surface area contributed by atoms with Gasteiger partial charge in [-0.15, -0.1) is 0 Å². The minimum absolute atomic E-state index is 0.233. The summed E-state index contributed by atoms with van der Waals surface area (Å²) in [7, 11) is 1.62. The zero-order valence-corrected chi connectivity index (χ0v) is 8.85. The zero-order chi connectivity index (χ0) is 10.3. The number of rotatable bonds is 5. The van der Waals surface area contributed by atoms with Crippen LogP contribution in [0.4, 0.5) is 0 Å². The number of ether oxygens (including phenoxy) is 2. The average Bonchev–Trinajstić information content (AvgIpc) is 1.94. The summed E-state index contributed by atoms with van der Waals surface area (Å²) in [6, 6.07) is 0. The minimum Gasteiger partial charge on any atom is -0.459 e. The van der Waals surface area contributed by atoms with E-state index in [1.807, 2.05) is 20.8 Å². The average molecular weight is 189 g/mol. The van der Waals surface area contributed by atoms with E-state index >= 15 is 0 Å². The van der Waals surface area contributed by atoms with Crippen LogP contribution in [0.5, 0.6) is 0 Å². The lowest BCUT2D eigenvalue weighted by molar-refractivity contribution is -0.153. The van der Waals surface area contributed by atoms with Gasteiger partial charge >= 0.3 is 5.97 Å². The van der Waals surface area contributed by atoms with Gasteiger partial charge in [-0.3, -0.25) is 4.79 Å². The molecule has 1 N–H and O–H groups in total. The molecule has 0 heterocycles. The Balaban J connectivity index is 3.41. The fourth-order valence-electron chi connectivity index (χ4n) is 0.742. The summed E-state index contributed by atoms with van der Waals surface area (Å²) in [4.78, 5) is 11.1. The van der Waals surface area contributed by atoms with E-state index in [0.717, 1.165) is 0 Å². The number of hydrogen-bond acceptors (Lipinski definition) is 4. The van der Waals surface area contributed by atoms with Gasteiger partial charge in [0, 0.05) is 13.7 Å². The molecule has 0 aliphatic rings. The molecule has 4 heteroatoms. The molecular weight excluding hydrogens is 170 g/mol. The molecule has 0 amide bonds. The lowest BCUT2D eigenvalue weighted by Gasteiger charge is -2.19. The molecular formula is C9H19NO3. The van der Waals surface area contributed by atoms with E-state index in [1.54, 1.807) is 7.11 Å². The molecule has 0 radical (unpaired) electrons. The van der Waals surface area contributed by atoms with Crippen LogP contribution in [-0.2, 0) is 14.3 Å². The monoisotopic (exact) mass is 189 g/mol. The van der Waals surface area contributed by atoms with Gasteiger partial charge in [0.15, 0.2) is 0 Å². The van der Waals surface area contributed by atoms with E-state index in [2.05, 4.69) is 5.32 Å². The van der Waals surface area contributed by atoms with Gasteiger partial charge in [0.25, 0.3) is 0 Å². The molecule has 0 aromatic heterocycles. The molecule has 0 saturated carbocycles. The Morgan fingerprint density at radius 2 is 2.00 bits per heavy atom. The Labute approximate surface area is 79.6 Å². The molecule has 4 nitrogen and oxygen atoms in total. The van der Waals surface area contributed by atoms with Crippen molar-refractivity contribution < 1.29 is 14.3 Å². The van der Waals surface area contributed by atoms with Crippen LogP contribution in [0, 0.1) is 0 Å². The number of carbonyl (C=O) groups is 1. The SMILES string of the molecule is COCCNCC(=O)OC(C)(C)C. The molecule has 0 aromatic carbocycles. The quantitative estimate of drug-likeness (QED) is 0.507. The van der Waals surface area contributed by atoms with Crippen molar-refractivity contribution in [1.82, 2.24) is 5.32 Å². The number of nitrogens with one attached hydrogen (secondary N) is 1. The van der Waals surface area contributed by atoms with Gasteiger partial charge in [0.05, 0.1) is 13.2 Å². The molecule has 13 heavy (non-hydrogen) atoms. The lowest BCUT2D eigenvalue weighted by atomic mass is 10.2. The molecule has 0 atom stereocenters. The van der Waals surface area contributed by atoms with E-state index in [0.29, 0.717) is 13.2 Å². The van der Waals surface area contributed by atoms with Crippen LogP contribution in [0.25, 0.3) is 0 Å². The van der Waals surface area contributed by atoms with Gasteiger partial charge in [-0.2, -0.15) is 0 Å². The van der Waals surface area contributed by atoms with Crippen LogP contribution in [0.3, 0.4) is 0 Å². The molecule has 0 unspecified atom stereocenters. The minimum atomic E-state index is -0.403. The highest BCUT2D eigenvalue weighted by Crippen LogP contribution is 2.05. The second-order valence-electron chi connectivity index (χ2n) is 3.76. The summed E-state index contributed by atoms with van der Waals surface area (Å²) in [6.45, 7) is 7.04. The van der Waals surface area contributed by atoms with Crippen molar-refractivity contribution in [3.63, 3.8) is 0 Å². The molecule has 0 rings (SSSR count). The molecule has 78 valence electrons. The third-order valence-electron chi connectivity index (χ3n) is 1.17. The van der Waals surface area contributed by atoms with Gasteiger partial charge < -0.3 is 14.8 Å². The van der Waals surface area contributed by atoms with Crippen LogP contribution in [0.15, 0.2) is 0 Å². The number of methoxy groups -OCH3 is 1. The Kier molecular flexibility index (Phi) is 5.66. The Morgan fingerprint density at radius 3 is 2.46 bits per heavy atom. The van der Waals surface area contributed by atoms with Gasteiger partial charge in [-0.1, -0.05) is 0 Å². The fraction of sp³-hybridized carbons (Fsp3) is 0.889. The summed E-state index contributed by atoms with van der Waals surface area (Å²) >= 11 is 0. The maximum atomic E-state index is 11.1. The van der Waals surface area contributed by atoms with Crippen molar-refractivity contribution in [2.75, 3.05) is 26.8 Å². The van der Waals surface area contributed by atoms with Crippen molar-refractivity contribution in [1.29, 1.82) is 0 Å². The summed E-state index contributed by atoms with van der Waals surface area (Å²) in [5.74, 6) is -0.233. The van der Waals surface area contributed by atoms with E-state index in [4.69, 9.17) is 9.47 Å². The molecule has 0 saturated heterocycles. The predicted octanol–water partition coefficient (Wildman–Crippen LogP) is 0.564. The van der Waals surface area contributed by atoms with E-state index in [9.17, 15) is 4.79 Å². The highest BCUT2D eigenvalue weighted by Gasteiger charge is 2.15. The lowest BCUT2D eigenvalue weighted by Crippen LogP contribution is -2.32. The van der Waals surface area contributed by atoms with Crippen LogP contribution in [0.2, 0.25) is 0 Å². The number of carbonyl (C=O) groups excluding carboxylic acids is 1. The van der Waals surface area contributed by atoms with Gasteiger partial charge in [0.2, 0.25) is 0 Å². The molecule has 0 aliphatic carbocycles. The standard InChI is InChI=1S/C9H19NO3/c1-9(2,3)13-8(11)7-10-5-6-12-4/h10H,5-7H2,1-4H3. The summed E-state index contributed by atoms with van der Waals surface area (Å²) < 4.78 is 9.89. The van der Waals surface area contributed by atoms with Crippen molar-refractivity contribution in [2.45, 2.75) is 26.4 Å². The summed E-state index contributed by atoms with van der Waals surface area (Å²) in [5.41, 5.74) is -0.403. The summed E-state index contributed by atoms with van der Waals surface area (Å²) in [5, 5.41) is 2.91. The van der Waals surface area contributed by atoms with Crippen LogP contribution in [0.1, 0.15) is 20.8 Å². The second-order valence-corrected chi connectivity index (χ2v) is 3.76. The van der Waals surface area contributed by atoms with E-state index < -0.39 is 5.60 Å². The third-order valence-corrected chi connectivity index (χ3v) is 1.17. The van der Waals surface area contributed by atoms with Crippen molar-refractivity contribution in [3.05, 3.63) is 0 Å². The van der Waals surface area contributed by atoms with E-state index in [1.165, 1.54) is 0 Å². The highest BCUT2D eigenvalue weighted by atomic mass is 16.6. The zero-order valence-electron chi connectivity index (χ0n) is 8.85. The van der Waals surface area contributed by atoms with Crippen molar-refractivity contribution in [3.8, 4) is 0 Å². The van der Waals surface area contributed by atoms with Crippen molar-refractivity contribution >= 4 is 5.97 Å². The Morgan fingerprint density at radius 1 is 1.38 bits per heavy atom. The van der Waals surface area contributed by atoms with Crippen molar-refractivity contribution in [2.24, 2.45) is 0 Å². The van der Waals surface area contributed by atoms with Crippen LogP contribution >= 0.6 is 0 Å². The molecule has 0 aliphatic heterocycles. The first-order valence-electron chi connectivity index (χ1n) is 4.37. The molecule has 0 bridgehead atoms. The largest absolute Gasteiger partial charge is 0.459 e. The van der Waals surface area contributed by atoms with Gasteiger partial charge in [-0.05, 0) is 20.8 Å². The first-order valence-corrected chi connectivity index (χ1v) is 4.37. The second kappa shape index (κ2) is 5.94. The summed E-state index contributed by atoms with van der Waals surface area (Å²) in [6.07, 6.45) is 0. The van der Waals surface area contributed by atoms with Gasteiger partial charge in [-0.25, -0.2) is 0 Å². The smallest absolute Gasteiger partial charge is 0.320 e. The topological polar surface area (TPSA) is 47.6 Å². The molecule has 0 spiro atoms. The Hall–Kier alpha value is -0.610. The maximum absolute atomic E-state index is 11.1. The van der Waals surface area contributed by atoms with Gasteiger partial charge in [0.1, 0.15) is 5.60 Å². The first kappa shape index (κ1) is 12.4. The predicted molar refractivity (Wildman–Crippen MR) is 50.6 cm³/mol. The van der Waals surface area contributed by atoms with Crippen LogP contribution < -0.4 is 5.32 Å². The number of esters is 1. The third kappa shape index (κ3) is 9.30. The molecule has 0 aromatic rings. The maximum Gasteiger partial charge on any atom is 0.320 e.